The predicted molar refractivity (Wildman–Crippen MR) is 38.4 cm³/mol. The normalized spacial score (nSPS) is 9.09. The second-order valence-electron chi connectivity index (χ2n) is 2.13. The summed E-state index contributed by atoms with van der Waals surface area (Å²) in [6.07, 6.45) is -0.381. The Kier molecular flexibility index (Phi) is 3.87. The zero-order valence-corrected chi connectivity index (χ0v) is 5.96. The molecule has 0 aromatic rings. The van der Waals surface area contributed by atoms with E-state index in [9.17, 15) is 9.59 Å². The number of aliphatic carboxylic acids is 1. The van der Waals surface area contributed by atoms with Crippen LogP contribution in [-0.4, -0.2) is 22.7 Å². The van der Waals surface area contributed by atoms with E-state index in [0.29, 0.717) is 0 Å². The van der Waals surface area contributed by atoms with Gasteiger partial charge in [-0.05, 0) is 0 Å². The van der Waals surface area contributed by atoms with Crippen LogP contribution in [0.1, 0.15) is 19.3 Å². The Morgan fingerprint density at radius 2 is 1.91 bits per heavy atom. The zero-order valence-electron chi connectivity index (χ0n) is 5.96. The standard InChI is InChI=1S/C6H10N2O3/c7-5(8)3-4(9)1-2-6(10)11/h1-3H2,(H3,7,8)(H,10,11). The molecule has 0 aliphatic carbocycles. The maximum atomic E-state index is 10.7. The highest BCUT2D eigenvalue weighted by atomic mass is 16.4. The van der Waals surface area contributed by atoms with Crippen molar-refractivity contribution in [3.63, 3.8) is 0 Å². The van der Waals surface area contributed by atoms with Crippen LogP contribution in [0.4, 0.5) is 0 Å². The summed E-state index contributed by atoms with van der Waals surface area (Å²) in [5, 5.41) is 14.9. The first-order chi connectivity index (χ1) is 5.02. The maximum absolute atomic E-state index is 10.7. The van der Waals surface area contributed by atoms with Gasteiger partial charge in [-0.3, -0.25) is 15.0 Å². The average Bonchev–Trinajstić information content (AvgIpc) is 1.82. The number of hydrogen-bond acceptors (Lipinski definition) is 3. The van der Waals surface area contributed by atoms with Gasteiger partial charge in [0.25, 0.3) is 0 Å². The van der Waals surface area contributed by atoms with E-state index in [1.54, 1.807) is 0 Å². The Morgan fingerprint density at radius 1 is 1.36 bits per heavy atom. The number of amidine groups is 1. The van der Waals surface area contributed by atoms with Gasteiger partial charge in [0, 0.05) is 6.42 Å². The molecule has 0 spiro atoms. The first kappa shape index (κ1) is 9.61. The van der Waals surface area contributed by atoms with Crippen LogP contribution in [-0.2, 0) is 9.59 Å². The number of hydrogen-bond donors (Lipinski definition) is 3. The molecule has 0 aromatic heterocycles. The number of nitrogens with one attached hydrogen (secondary N) is 1. The molecule has 5 heteroatoms. The Morgan fingerprint density at radius 3 is 2.27 bits per heavy atom. The molecule has 0 aliphatic heterocycles. The third kappa shape index (κ3) is 6.50. The van der Waals surface area contributed by atoms with Gasteiger partial charge in [0.15, 0.2) is 0 Å². The van der Waals surface area contributed by atoms with Crippen LogP contribution in [0, 0.1) is 5.41 Å². The number of rotatable bonds is 5. The van der Waals surface area contributed by atoms with Gasteiger partial charge in [0.1, 0.15) is 5.78 Å². The third-order valence-electron chi connectivity index (χ3n) is 1.01. The third-order valence-corrected chi connectivity index (χ3v) is 1.01. The topological polar surface area (TPSA) is 104 Å². The lowest BCUT2D eigenvalue weighted by atomic mass is 10.1. The second-order valence-corrected chi connectivity index (χ2v) is 2.13. The van der Waals surface area contributed by atoms with Crippen LogP contribution < -0.4 is 5.73 Å². The van der Waals surface area contributed by atoms with Crippen molar-refractivity contribution in [2.45, 2.75) is 19.3 Å². The van der Waals surface area contributed by atoms with Crippen molar-refractivity contribution < 1.29 is 14.7 Å². The average molecular weight is 158 g/mol. The molecule has 0 heterocycles. The van der Waals surface area contributed by atoms with E-state index < -0.39 is 5.97 Å². The van der Waals surface area contributed by atoms with Crippen LogP contribution in [0.3, 0.4) is 0 Å². The summed E-state index contributed by atoms with van der Waals surface area (Å²) in [6, 6.07) is 0. The molecule has 0 atom stereocenters. The van der Waals surface area contributed by atoms with Crippen molar-refractivity contribution in [2.24, 2.45) is 5.73 Å². The number of nitrogens with two attached hydrogens (primary N) is 1. The van der Waals surface area contributed by atoms with E-state index in [-0.39, 0.29) is 30.9 Å². The van der Waals surface area contributed by atoms with E-state index in [1.807, 2.05) is 0 Å². The summed E-state index contributed by atoms with van der Waals surface area (Å²) >= 11 is 0. The molecular formula is C6H10N2O3. The molecule has 62 valence electrons. The second kappa shape index (κ2) is 4.43. The molecule has 0 bridgehead atoms. The Hall–Kier alpha value is -1.39. The van der Waals surface area contributed by atoms with Gasteiger partial charge in [-0.15, -0.1) is 0 Å². The minimum absolute atomic E-state index is 0.0467. The smallest absolute Gasteiger partial charge is 0.303 e. The number of carboxylic acids is 1. The number of carbonyl (C=O) groups is 2. The van der Waals surface area contributed by atoms with Crippen LogP contribution in [0.25, 0.3) is 0 Å². The Labute approximate surface area is 63.7 Å². The monoisotopic (exact) mass is 158 g/mol. The number of carbonyl (C=O) groups excluding carboxylic acids is 1. The molecule has 0 radical (unpaired) electrons. The number of carboxylic acid groups (broad SMARTS) is 1. The molecule has 0 aromatic carbocycles. The fourth-order valence-corrected chi connectivity index (χ4v) is 0.547. The highest BCUT2D eigenvalue weighted by Crippen LogP contribution is 1.94. The molecule has 0 aliphatic rings. The molecule has 4 N–H and O–H groups in total. The molecule has 5 nitrogen and oxygen atoms in total. The van der Waals surface area contributed by atoms with E-state index in [1.165, 1.54) is 0 Å². The minimum atomic E-state index is -1.01. The van der Waals surface area contributed by atoms with Crippen molar-refractivity contribution in [3.8, 4) is 0 Å². The van der Waals surface area contributed by atoms with Crippen molar-refractivity contribution in [1.29, 1.82) is 5.41 Å². The summed E-state index contributed by atoms with van der Waals surface area (Å²) in [5.74, 6) is -1.54. The minimum Gasteiger partial charge on any atom is -0.481 e. The summed E-state index contributed by atoms with van der Waals surface area (Å²) < 4.78 is 0. The van der Waals surface area contributed by atoms with E-state index >= 15 is 0 Å². The quantitative estimate of drug-likeness (QED) is 0.379. The van der Waals surface area contributed by atoms with Crippen molar-refractivity contribution >= 4 is 17.6 Å². The van der Waals surface area contributed by atoms with Gasteiger partial charge in [-0.25, -0.2) is 0 Å². The lowest BCUT2D eigenvalue weighted by Crippen LogP contribution is -2.15. The van der Waals surface area contributed by atoms with E-state index in [0.717, 1.165) is 0 Å². The first-order valence-electron chi connectivity index (χ1n) is 3.08. The number of Topliss-reactive ketones (excluding diaryl/α,β-unsaturated/α-hetero) is 1. The predicted octanol–water partition coefficient (Wildman–Crippen LogP) is -0.254. The molecule has 11 heavy (non-hydrogen) atoms. The van der Waals surface area contributed by atoms with Gasteiger partial charge >= 0.3 is 5.97 Å². The van der Waals surface area contributed by atoms with Gasteiger partial charge in [0.05, 0.1) is 18.7 Å². The SMILES string of the molecule is N=C(N)CC(=O)CCC(=O)O. The van der Waals surface area contributed by atoms with Crippen LogP contribution in [0.2, 0.25) is 0 Å². The van der Waals surface area contributed by atoms with Gasteiger partial charge in [-0.1, -0.05) is 0 Å². The van der Waals surface area contributed by atoms with Gasteiger partial charge < -0.3 is 10.8 Å². The van der Waals surface area contributed by atoms with Gasteiger partial charge in [0.2, 0.25) is 0 Å². The van der Waals surface area contributed by atoms with Crippen molar-refractivity contribution in [3.05, 3.63) is 0 Å². The van der Waals surface area contributed by atoms with Gasteiger partial charge in [-0.2, -0.15) is 0 Å². The summed E-state index contributed by atoms with van der Waals surface area (Å²) in [5.41, 5.74) is 4.91. The zero-order chi connectivity index (χ0) is 8.85. The molecular weight excluding hydrogens is 148 g/mol. The molecule has 0 amide bonds. The molecule has 0 saturated heterocycles. The highest BCUT2D eigenvalue weighted by Gasteiger charge is 2.05. The Bertz CT molecular complexity index is 188. The van der Waals surface area contributed by atoms with E-state index in [4.69, 9.17) is 16.2 Å². The van der Waals surface area contributed by atoms with Crippen LogP contribution >= 0.6 is 0 Å². The Balaban J connectivity index is 3.53. The van der Waals surface area contributed by atoms with Crippen molar-refractivity contribution in [2.75, 3.05) is 0 Å². The lowest BCUT2D eigenvalue weighted by molar-refractivity contribution is -0.138. The van der Waals surface area contributed by atoms with Crippen LogP contribution in [0.5, 0.6) is 0 Å². The molecule has 0 fully saturated rings. The molecule has 0 saturated carbocycles. The maximum Gasteiger partial charge on any atom is 0.303 e. The molecule has 0 unspecified atom stereocenters. The summed E-state index contributed by atoms with van der Waals surface area (Å²) in [7, 11) is 0. The van der Waals surface area contributed by atoms with Crippen LogP contribution in [0.15, 0.2) is 0 Å². The molecule has 0 rings (SSSR count). The fraction of sp³-hybridized carbons (Fsp3) is 0.500. The fourth-order valence-electron chi connectivity index (χ4n) is 0.547. The summed E-state index contributed by atoms with van der Waals surface area (Å²) in [6.45, 7) is 0. The first-order valence-corrected chi connectivity index (χ1v) is 3.08. The number of ketones is 1. The summed E-state index contributed by atoms with van der Waals surface area (Å²) in [4.78, 5) is 20.6. The highest BCUT2D eigenvalue weighted by molar-refractivity contribution is 5.99. The lowest BCUT2D eigenvalue weighted by Gasteiger charge is -1.95. The largest absolute Gasteiger partial charge is 0.481 e. The van der Waals surface area contributed by atoms with E-state index in [2.05, 4.69) is 0 Å². The van der Waals surface area contributed by atoms with Crippen molar-refractivity contribution in [1.82, 2.24) is 0 Å².